The molecule has 0 bridgehead atoms. The summed E-state index contributed by atoms with van der Waals surface area (Å²) < 4.78 is 1.46. The van der Waals surface area contributed by atoms with E-state index in [1.807, 2.05) is 0 Å². The van der Waals surface area contributed by atoms with Gasteiger partial charge in [-0.15, -0.1) is 0 Å². The summed E-state index contributed by atoms with van der Waals surface area (Å²) in [6.07, 6.45) is 3.04. The number of aliphatic carboxylic acids is 1. The molecule has 0 aliphatic heterocycles. The quantitative estimate of drug-likeness (QED) is 0.505. The molecule has 0 aromatic carbocycles. The van der Waals surface area contributed by atoms with E-state index >= 15 is 0 Å². The summed E-state index contributed by atoms with van der Waals surface area (Å²) in [6.45, 7) is 1.64. The van der Waals surface area contributed by atoms with E-state index in [0.29, 0.717) is 10.9 Å². The lowest BCUT2D eigenvalue weighted by molar-refractivity contribution is -0.386. The van der Waals surface area contributed by atoms with E-state index in [1.54, 1.807) is 6.92 Å². The second-order valence-electron chi connectivity index (χ2n) is 3.65. The predicted octanol–water partition coefficient (Wildman–Crippen LogP) is 1.94. The lowest BCUT2D eigenvalue weighted by atomic mass is 10.2. The number of nitro groups is 1. The number of carbonyl (C=O) groups is 1. The normalized spacial score (nSPS) is 11.4. The molecule has 1 aromatic heterocycles. The Bertz CT molecular complexity index is 606. The topological polar surface area (TPSA) is 102 Å². The third-order valence-corrected chi connectivity index (χ3v) is 2.85. The SMILES string of the molecule is CCC(=CCn1cc(Br)cc([N+](=O)[O-])c1=O)C(=O)O. The number of rotatable bonds is 5. The van der Waals surface area contributed by atoms with Gasteiger partial charge < -0.3 is 9.67 Å². The van der Waals surface area contributed by atoms with Gasteiger partial charge in [-0.2, -0.15) is 0 Å². The van der Waals surface area contributed by atoms with Crippen molar-refractivity contribution in [2.24, 2.45) is 0 Å². The van der Waals surface area contributed by atoms with E-state index in [4.69, 9.17) is 5.11 Å². The van der Waals surface area contributed by atoms with E-state index in [1.165, 1.54) is 12.3 Å². The molecule has 1 aromatic rings. The molecule has 0 aliphatic carbocycles. The molecule has 0 unspecified atom stereocenters. The van der Waals surface area contributed by atoms with Crippen LogP contribution in [-0.2, 0) is 11.3 Å². The molecule has 1 N–H and O–H groups in total. The average Bonchev–Trinajstić information content (AvgIpc) is 2.32. The molecular formula is C11H11BrN2O5. The summed E-state index contributed by atoms with van der Waals surface area (Å²) >= 11 is 3.07. The van der Waals surface area contributed by atoms with Crippen LogP contribution in [0.3, 0.4) is 0 Å². The zero-order chi connectivity index (χ0) is 14.6. The highest BCUT2D eigenvalue weighted by Crippen LogP contribution is 2.14. The maximum absolute atomic E-state index is 11.8. The van der Waals surface area contributed by atoms with E-state index in [2.05, 4.69) is 15.9 Å². The minimum absolute atomic E-state index is 0.0331. The first-order chi connectivity index (χ1) is 8.86. The van der Waals surface area contributed by atoms with Gasteiger partial charge in [0.25, 0.3) is 0 Å². The molecule has 0 radical (unpaired) electrons. The number of hydrogen-bond donors (Lipinski definition) is 1. The maximum Gasteiger partial charge on any atom is 0.335 e. The first kappa shape index (κ1) is 15.1. The van der Waals surface area contributed by atoms with Crippen LogP contribution in [0.2, 0.25) is 0 Å². The predicted molar refractivity (Wildman–Crippen MR) is 71.1 cm³/mol. The lowest BCUT2D eigenvalue weighted by Gasteiger charge is -2.04. The molecule has 0 atom stereocenters. The molecule has 1 rings (SSSR count). The fraction of sp³-hybridized carbons (Fsp3) is 0.273. The largest absolute Gasteiger partial charge is 0.478 e. The van der Waals surface area contributed by atoms with Crippen molar-refractivity contribution in [3.8, 4) is 0 Å². The Morgan fingerprint density at radius 1 is 1.63 bits per heavy atom. The molecule has 0 spiro atoms. The van der Waals surface area contributed by atoms with Gasteiger partial charge >= 0.3 is 17.2 Å². The van der Waals surface area contributed by atoms with Crippen molar-refractivity contribution in [3.05, 3.63) is 48.9 Å². The fourth-order valence-electron chi connectivity index (χ4n) is 1.44. The van der Waals surface area contributed by atoms with Gasteiger partial charge in [0, 0.05) is 28.9 Å². The molecule has 1 heterocycles. The minimum atomic E-state index is -1.07. The molecule has 0 amide bonds. The van der Waals surface area contributed by atoms with Crippen LogP contribution in [0.4, 0.5) is 5.69 Å². The van der Waals surface area contributed by atoms with Gasteiger partial charge in [-0.3, -0.25) is 14.9 Å². The summed E-state index contributed by atoms with van der Waals surface area (Å²) in [5.74, 6) is -1.07. The van der Waals surface area contributed by atoms with Crippen molar-refractivity contribution in [2.75, 3.05) is 0 Å². The summed E-state index contributed by atoms with van der Waals surface area (Å²) in [6, 6.07) is 1.11. The molecule has 7 nitrogen and oxygen atoms in total. The summed E-state index contributed by atoms with van der Waals surface area (Å²) in [5.41, 5.74) is -1.18. The summed E-state index contributed by atoms with van der Waals surface area (Å²) in [5, 5.41) is 19.5. The number of nitrogens with zero attached hydrogens (tertiary/aromatic N) is 2. The number of halogens is 1. The smallest absolute Gasteiger partial charge is 0.335 e. The monoisotopic (exact) mass is 330 g/mol. The van der Waals surface area contributed by atoms with Gasteiger partial charge in [0.1, 0.15) is 0 Å². The van der Waals surface area contributed by atoms with Crippen molar-refractivity contribution in [1.82, 2.24) is 4.57 Å². The number of carboxylic acid groups (broad SMARTS) is 1. The minimum Gasteiger partial charge on any atom is -0.478 e. The van der Waals surface area contributed by atoms with Crippen LogP contribution in [0.25, 0.3) is 0 Å². The molecular weight excluding hydrogens is 320 g/mol. The number of allylic oxidation sites excluding steroid dienone is 1. The van der Waals surface area contributed by atoms with Crippen molar-refractivity contribution in [3.63, 3.8) is 0 Å². The Balaban J connectivity index is 3.19. The van der Waals surface area contributed by atoms with Gasteiger partial charge in [-0.1, -0.05) is 13.0 Å². The fourth-order valence-corrected chi connectivity index (χ4v) is 1.91. The van der Waals surface area contributed by atoms with Crippen LogP contribution in [0.5, 0.6) is 0 Å². The van der Waals surface area contributed by atoms with Gasteiger partial charge in [-0.05, 0) is 22.4 Å². The standard InChI is InChI=1S/C11H11BrN2O5/c1-2-7(11(16)17)3-4-13-6-8(12)5-9(10(13)15)14(18)19/h3,5-6H,2,4H2,1H3,(H,16,17). The second-order valence-corrected chi connectivity index (χ2v) is 4.56. The summed E-state index contributed by atoms with van der Waals surface area (Å²) in [7, 11) is 0. The third-order valence-electron chi connectivity index (χ3n) is 2.42. The highest BCUT2D eigenvalue weighted by atomic mass is 79.9. The first-order valence-corrected chi connectivity index (χ1v) is 6.12. The van der Waals surface area contributed by atoms with Crippen molar-refractivity contribution in [1.29, 1.82) is 0 Å². The molecule has 0 fully saturated rings. The Labute approximate surface area is 116 Å². The lowest BCUT2D eigenvalue weighted by Crippen LogP contribution is -2.22. The number of hydrogen-bond acceptors (Lipinski definition) is 4. The first-order valence-electron chi connectivity index (χ1n) is 5.33. The van der Waals surface area contributed by atoms with E-state index in [-0.39, 0.29) is 12.1 Å². The number of aromatic nitrogens is 1. The van der Waals surface area contributed by atoms with Gasteiger partial charge in [-0.25, -0.2) is 4.79 Å². The highest BCUT2D eigenvalue weighted by Gasteiger charge is 2.15. The average molecular weight is 331 g/mol. The van der Waals surface area contributed by atoms with Crippen molar-refractivity contribution >= 4 is 27.6 Å². The molecule has 8 heteroatoms. The Morgan fingerprint density at radius 3 is 2.74 bits per heavy atom. The van der Waals surface area contributed by atoms with Gasteiger partial charge in [0.15, 0.2) is 0 Å². The Kier molecular flexibility index (Phi) is 4.99. The van der Waals surface area contributed by atoms with Gasteiger partial charge in [0.2, 0.25) is 0 Å². The van der Waals surface area contributed by atoms with E-state index in [9.17, 15) is 19.7 Å². The van der Waals surface area contributed by atoms with Crippen LogP contribution < -0.4 is 5.56 Å². The van der Waals surface area contributed by atoms with Crippen LogP contribution in [0.1, 0.15) is 13.3 Å². The number of pyridine rings is 1. The zero-order valence-corrected chi connectivity index (χ0v) is 11.6. The Hall–Kier alpha value is -1.96. The molecule has 0 saturated heterocycles. The molecule has 102 valence electrons. The van der Waals surface area contributed by atoms with Crippen LogP contribution >= 0.6 is 15.9 Å². The second kappa shape index (κ2) is 6.28. The van der Waals surface area contributed by atoms with E-state index in [0.717, 1.165) is 10.6 Å². The van der Waals surface area contributed by atoms with Crippen LogP contribution in [0.15, 0.2) is 33.2 Å². The highest BCUT2D eigenvalue weighted by molar-refractivity contribution is 9.10. The Morgan fingerprint density at radius 2 is 2.26 bits per heavy atom. The summed E-state index contributed by atoms with van der Waals surface area (Å²) in [4.78, 5) is 32.5. The van der Waals surface area contributed by atoms with E-state index < -0.39 is 22.1 Å². The molecule has 0 aliphatic rings. The van der Waals surface area contributed by atoms with Gasteiger partial charge in [0.05, 0.1) is 4.92 Å². The van der Waals surface area contributed by atoms with Crippen molar-refractivity contribution < 1.29 is 14.8 Å². The molecule has 19 heavy (non-hydrogen) atoms. The number of carboxylic acids is 1. The third kappa shape index (κ3) is 3.75. The van der Waals surface area contributed by atoms with Crippen molar-refractivity contribution in [2.45, 2.75) is 19.9 Å². The maximum atomic E-state index is 11.8. The van der Waals surface area contributed by atoms with Crippen LogP contribution in [0, 0.1) is 10.1 Å². The zero-order valence-electron chi connectivity index (χ0n) is 10.00. The van der Waals surface area contributed by atoms with Crippen LogP contribution in [-0.4, -0.2) is 20.6 Å². The molecule has 0 saturated carbocycles.